The average Bonchev–Trinajstić information content (AvgIpc) is 2.37. The highest BCUT2D eigenvalue weighted by atomic mass is 16.7. The Morgan fingerprint density at radius 3 is 2.44 bits per heavy atom. The predicted molar refractivity (Wildman–Crippen MR) is 73.5 cm³/mol. The Hall–Kier alpha value is -1.35. The summed E-state index contributed by atoms with van der Waals surface area (Å²) in [6, 6.07) is 1.89. The van der Waals surface area contributed by atoms with Crippen molar-refractivity contribution in [1.82, 2.24) is 0 Å². The van der Waals surface area contributed by atoms with E-state index in [1.54, 1.807) is 0 Å². The summed E-state index contributed by atoms with van der Waals surface area (Å²) in [5, 5.41) is 0. The molecule has 1 aromatic carbocycles. The van der Waals surface area contributed by atoms with Crippen molar-refractivity contribution in [3.05, 3.63) is 33.9 Å². The molecule has 0 amide bonds. The third-order valence-electron chi connectivity index (χ3n) is 3.65. The molecule has 3 heteroatoms. The van der Waals surface area contributed by atoms with Gasteiger partial charge in [0.1, 0.15) is 0 Å². The summed E-state index contributed by atoms with van der Waals surface area (Å²) in [7, 11) is 0. The van der Waals surface area contributed by atoms with Crippen LogP contribution in [-0.2, 0) is 11.3 Å². The third kappa shape index (κ3) is 3.10. The van der Waals surface area contributed by atoms with Crippen LogP contribution >= 0.6 is 0 Å². The van der Waals surface area contributed by atoms with Gasteiger partial charge in [-0.15, -0.1) is 0 Å². The van der Waals surface area contributed by atoms with Crippen LogP contribution in [0.2, 0.25) is 0 Å². The van der Waals surface area contributed by atoms with E-state index in [4.69, 9.17) is 5.90 Å². The number of hydrogen-bond donors (Lipinski definition) is 1. The largest absolute Gasteiger partial charge is 0.370 e. The molecule has 0 atom stereocenters. The highest BCUT2D eigenvalue weighted by Gasteiger charge is 2.17. The number of aryl methyl sites for hydroxylation is 1. The number of unbranched alkanes of at least 4 members (excludes halogenated alkanes) is 2. The number of nitrogens with two attached hydrogens (primary N) is 1. The Morgan fingerprint density at radius 1 is 1.22 bits per heavy atom. The van der Waals surface area contributed by atoms with Gasteiger partial charge >= 0.3 is 5.97 Å². The Bertz CT molecular complexity index is 439. The van der Waals surface area contributed by atoms with E-state index in [2.05, 4.69) is 25.6 Å². The first-order valence-corrected chi connectivity index (χ1v) is 6.53. The Morgan fingerprint density at radius 2 is 1.89 bits per heavy atom. The molecule has 0 aliphatic rings. The van der Waals surface area contributed by atoms with Crippen molar-refractivity contribution in [3.63, 3.8) is 0 Å². The fourth-order valence-electron chi connectivity index (χ4n) is 2.26. The second kappa shape index (κ2) is 6.55. The van der Waals surface area contributed by atoms with E-state index >= 15 is 0 Å². The fraction of sp³-hybridized carbons (Fsp3) is 0.533. The lowest BCUT2D eigenvalue weighted by Crippen LogP contribution is -2.14. The maximum atomic E-state index is 11.7. The van der Waals surface area contributed by atoms with Gasteiger partial charge < -0.3 is 4.84 Å². The number of benzene rings is 1. The smallest absolute Gasteiger partial charge is 0.356 e. The quantitative estimate of drug-likeness (QED) is 0.643. The summed E-state index contributed by atoms with van der Waals surface area (Å²) < 4.78 is 0. The minimum absolute atomic E-state index is 0.437. The van der Waals surface area contributed by atoms with Crippen molar-refractivity contribution in [1.29, 1.82) is 0 Å². The zero-order chi connectivity index (χ0) is 13.7. The molecule has 2 N–H and O–H groups in total. The predicted octanol–water partition coefficient (Wildman–Crippen LogP) is 3.38. The second-order valence-electron chi connectivity index (χ2n) is 4.83. The maximum Gasteiger partial charge on any atom is 0.356 e. The van der Waals surface area contributed by atoms with E-state index in [0.717, 1.165) is 24.0 Å². The van der Waals surface area contributed by atoms with Crippen molar-refractivity contribution in [2.45, 2.75) is 53.4 Å². The molecule has 0 aliphatic carbocycles. The highest BCUT2D eigenvalue weighted by Crippen LogP contribution is 2.24. The van der Waals surface area contributed by atoms with Crippen LogP contribution in [0.15, 0.2) is 6.07 Å². The molecule has 0 heterocycles. The Balaban J connectivity index is 3.17. The molecule has 0 aliphatic heterocycles. The van der Waals surface area contributed by atoms with Gasteiger partial charge in [0.05, 0.1) is 5.56 Å². The van der Waals surface area contributed by atoms with Gasteiger partial charge in [0.25, 0.3) is 0 Å². The first kappa shape index (κ1) is 14.7. The molecule has 0 spiro atoms. The summed E-state index contributed by atoms with van der Waals surface area (Å²) in [6.45, 7) is 8.33. The molecular weight excluding hydrogens is 226 g/mol. The van der Waals surface area contributed by atoms with Gasteiger partial charge in [-0.3, -0.25) is 0 Å². The molecule has 0 saturated heterocycles. The lowest BCUT2D eigenvalue weighted by molar-refractivity contribution is 0.0502. The molecule has 0 aromatic heterocycles. The van der Waals surface area contributed by atoms with Gasteiger partial charge in [-0.25, -0.2) is 4.79 Å². The summed E-state index contributed by atoms with van der Waals surface area (Å²) in [6.07, 6.45) is 4.33. The molecule has 1 aromatic rings. The number of carbonyl (C=O) groups excluding carboxylic acids is 1. The molecule has 1 rings (SSSR count). The van der Waals surface area contributed by atoms with Crippen LogP contribution in [0, 0.1) is 20.8 Å². The minimum atomic E-state index is -0.437. The van der Waals surface area contributed by atoms with Crippen molar-refractivity contribution >= 4 is 5.97 Å². The zero-order valence-corrected chi connectivity index (χ0v) is 11.8. The van der Waals surface area contributed by atoms with E-state index in [0.29, 0.717) is 5.56 Å². The monoisotopic (exact) mass is 249 g/mol. The number of carbonyl (C=O) groups is 1. The van der Waals surface area contributed by atoms with Crippen LogP contribution in [0.3, 0.4) is 0 Å². The second-order valence-corrected chi connectivity index (χ2v) is 4.83. The molecule has 100 valence electrons. The zero-order valence-electron chi connectivity index (χ0n) is 11.8. The molecule has 0 fully saturated rings. The lowest BCUT2D eigenvalue weighted by Gasteiger charge is -2.15. The summed E-state index contributed by atoms with van der Waals surface area (Å²) in [5.41, 5.74) is 5.24. The molecule has 0 unspecified atom stereocenters. The van der Waals surface area contributed by atoms with Crippen LogP contribution in [0.25, 0.3) is 0 Å². The summed E-state index contributed by atoms with van der Waals surface area (Å²) in [5.74, 6) is 4.58. The van der Waals surface area contributed by atoms with Gasteiger partial charge in [-0.1, -0.05) is 19.8 Å². The van der Waals surface area contributed by atoms with Crippen molar-refractivity contribution in [2.24, 2.45) is 5.90 Å². The highest BCUT2D eigenvalue weighted by molar-refractivity contribution is 5.91. The van der Waals surface area contributed by atoms with Crippen LogP contribution < -0.4 is 5.90 Å². The number of hydrogen-bond acceptors (Lipinski definition) is 3. The van der Waals surface area contributed by atoms with Crippen molar-refractivity contribution in [3.8, 4) is 0 Å². The van der Waals surface area contributed by atoms with E-state index in [1.165, 1.54) is 24.0 Å². The third-order valence-corrected chi connectivity index (χ3v) is 3.65. The first-order chi connectivity index (χ1) is 8.52. The minimum Gasteiger partial charge on any atom is -0.370 e. The maximum absolute atomic E-state index is 11.7. The molecule has 0 radical (unpaired) electrons. The van der Waals surface area contributed by atoms with Gasteiger partial charge in [0.2, 0.25) is 0 Å². The Kier molecular flexibility index (Phi) is 5.35. The lowest BCUT2D eigenvalue weighted by atomic mass is 9.90. The molecular formula is C15H23NO2. The summed E-state index contributed by atoms with van der Waals surface area (Å²) >= 11 is 0. The van der Waals surface area contributed by atoms with Gasteiger partial charge in [0, 0.05) is 0 Å². The van der Waals surface area contributed by atoms with Crippen LogP contribution in [0.4, 0.5) is 0 Å². The SMILES string of the molecule is CCCCCc1c(C(=O)ON)cc(C)c(C)c1C. The van der Waals surface area contributed by atoms with Crippen LogP contribution in [0.5, 0.6) is 0 Å². The van der Waals surface area contributed by atoms with Crippen molar-refractivity contribution < 1.29 is 9.63 Å². The molecule has 0 bridgehead atoms. The first-order valence-electron chi connectivity index (χ1n) is 6.53. The van der Waals surface area contributed by atoms with Gasteiger partial charge in [0.15, 0.2) is 0 Å². The topological polar surface area (TPSA) is 52.3 Å². The Labute approximate surface area is 109 Å². The molecule has 18 heavy (non-hydrogen) atoms. The average molecular weight is 249 g/mol. The molecule has 0 saturated carbocycles. The van der Waals surface area contributed by atoms with Crippen LogP contribution in [-0.4, -0.2) is 5.97 Å². The molecule has 3 nitrogen and oxygen atoms in total. The van der Waals surface area contributed by atoms with Gasteiger partial charge in [-0.2, -0.15) is 5.90 Å². The standard InChI is InChI=1S/C15H23NO2/c1-5-6-7-8-13-12(4)11(3)10(2)9-14(13)15(17)18-16/h9H,5-8,16H2,1-4H3. The van der Waals surface area contributed by atoms with Gasteiger partial charge in [-0.05, 0) is 61.9 Å². The number of rotatable bonds is 5. The van der Waals surface area contributed by atoms with E-state index in [1.807, 2.05) is 13.0 Å². The van der Waals surface area contributed by atoms with Crippen LogP contribution in [0.1, 0.15) is 58.8 Å². The van der Waals surface area contributed by atoms with Crippen molar-refractivity contribution in [2.75, 3.05) is 0 Å². The van der Waals surface area contributed by atoms with E-state index < -0.39 is 5.97 Å². The fourth-order valence-corrected chi connectivity index (χ4v) is 2.26. The van der Waals surface area contributed by atoms with E-state index in [-0.39, 0.29) is 0 Å². The van der Waals surface area contributed by atoms with E-state index in [9.17, 15) is 4.79 Å². The summed E-state index contributed by atoms with van der Waals surface area (Å²) in [4.78, 5) is 16.1. The normalized spacial score (nSPS) is 10.5.